The van der Waals surface area contributed by atoms with Crippen LogP contribution >= 0.6 is 11.6 Å². The van der Waals surface area contributed by atoms with Crippen molar-refractivity contribution in [1.29, 1.82) is 0 Å². The highest BCUT2D eigenvalue weighted by Gasteiger charge is 2.19. The van der Waals surface area contributed by atoms with Crippen LogP contribution in [0, 0.1) is 13.8 Å². The summed E-state index contributed by atoms with van der Waals surface area (Å²) in [6.45, 7) is 6.00. The molecule has 1 amide bonds. The quantitative estimate of drug-likeness (QED) is 0.442. The highest BCUT2D eigenvalue weighted by Crippen LogP contribution is 2.30. The number of hydrogen-bond acceptors (Lipinski definition) is 5. The number of carbonyl (C=O) groups excluding carboxylic acids is 2. The number of nitrogens with zero attached hydrogens (tertiary/aromatic N) is 2. The van der Waals surface area contributed by atoms with E-state index in [4.69, 9.17) is 21.1 Å². The Hall–Kier alpha value is -3.38. The highest BCUT2D eigenvalue weighted by molar-refractivity contribution is 6.32. The molecule has 0 saturated carbocycles. The second kappa shape index (κ2) is 10.8. The van der Waals surface area contributed by atoms with E-state index in [1.54, 1.807) is 54.5 Å². The highest BCUT2D eigenvalue weighted by atomic mass is 35.5. The molecule has 7 heteroatoms. The fraction of sp³-hybridized carbons (Fsp3) is 0.240. The first-order valence-electron chi connectivity index (χ1n) is 10.2. The van der Waals surface area contributed by atoms with Gasteiger partial charge < -0.3 is 14.4 Å². The van der Waals surface area contributed by atoms with Crippen LogP contribution in [0.25, 0.3) is 0 Å². The van der Waals surface area contributed by atoms with Gasteiger partial charge in [0.2, 0.25) is 0 Å². The topological polar surface area (TPSA) is 68.7 Å². The first-order valence-corrected chi connectivity index (χ1v) is 10.6. The lowest BCUT2D eigenvalue weighted by Crippen LogP contribution is -2.34. The van der Waals surface area contributed by atoms with Crippen molar-refractivity contribution in [1.82, 2.24) is 4.98 Å². The number of anilines is 1. The molecule has 0 radical (unpaired) electrons. The summed E-state index contributed by atoms with van der Waals surface area (Å²) in [7, 11) is 0. The van der Waals surface area contributed by atoms with Crippen molar-refractivity contribution in [3.05, 3.63) is 88.2 Å². The van der Waals surface area contributed by atoms with Gasteiger partial charge in [-0.25, -0.2) is 4.79 Å². The monoisotopic (exact) mass is 452 g/mol. The number of pyridine rings is 1. The first-order chi connectivity index (χ1) is 15.4. The van der Waals surface area contributed by atoms with Crippen molar-refractivity contribution < 1.29 is 19.1 Å². The molecule has 0 N–H and O–H groups in total. The number of hydrogen-bond donors (Lipinski definition) is 0. The van der Waals surface area contributed by atoms with Crippen LogP contribution in [-0.2, 0) is 16.1 Å². The van der Waals surface area contributed by atoms with E-state index in [1.807, 2.05) is 32.0 Å². The van der Waals surface area contributed by atoms with E-state index in [0.717, 1.165) is 16.7 Å². The largest absolute Gasteiger partial charge is 0.482 e. The second-order valence-electron chi connectivity index (χ2n) is 7.29. The third-order valence-corrected chi connectivity index (χ3v) is 5.05. The van der Waals surface area contributed by atoms with Crippen molar-refractivity contribution in [2.75, 3.05) is 18.1 Å². The maximum atomic E-state index is 13.2. The lowest BCUT2D eigenvalue weighted by Gasteiger charge is -2.23. The van der Waals surface area contributed by atoms with Gasteiger partial charge in [0.15, 0.2) is 6.61 Å². The molecule has 2 aromatic carbocycles. The van der Waals surface area contributed by atoms with Crippen molar-refractivity contribution in [2.24, 2.45) is 0 Å². The maximum Gasteiger partial charge on any atom is 0.338 e. The van der Waals surface area contributed by atoms with Crippen LogP contribution in [0.4, 0.5) is 5.69 Å². The minimum Gasteiger partial charge on any atom is -0.482 e. The van der Waals surface area contributed by atoms with Crippen LogP contribution in [0.3, 0.4) is 0 Å². The van der Waals surface area contributed by atoms with E-state index in [1.165, 1.54) is 0 Å². The van der Waals surface area contributed by atoms with E-state index in [9.17, 15) is 9.59 Å². The zero-order valence-corrected chi connectivity index (χ0v) is 19.1. The number of benzene rings is 2. The summed E-state index contributed by atoms with van der Waals surface area (Å²) in [5, 5.41) is 0.466. The van der Waals surface area contributed by atoms with Gasteiger partial charge in [-0.1, -0.05) is 23.7 Å². The predicted molar refractivity (Wildman–Crippen MR) is 124 cm³/mol. The summed E-state index contributed by atoms with van der Waals surface area (Å²) in [6, 6.07) is 14.2. The third-order valence-electron chi connectivity index (χ3n) is 4.77. The zero-order chi connectivity index (χ0) is 23.1. The van der Waals surface area contributed by atoms with Crippen LogP contribution in [0.15, 0.2) is 60.9 Å². The zero-order valence-electron chi connectivity index (χ0n) is 18.3. The van der Waals surface area contributed by atoms with E-state index in [0.29, 0.717) is 35.2 Å². The van der Waals surface area contributed by atoms with Gasteiger partial charge in [0, 0.05) is 18.1 Å². The molecule has 0 aliphatic heterocycles. The van der Waals surface area contributed by atoms with Gasteiger partial charge >= 0.3 is 5.97 Å². The number of ether oxygens (including phenoxy) is 2. The lowest BCUT2D eigenvalue weighted by molar-refractivity contribution is -0.120. The van der Waals surface area contributed by atoms with Gasteiger partial charge in [-0.2, -0.15) is 0 Å². The summed E-state index contributed by atoms with van der Waals surface area (Å²) in [6.07, 6.45) is 3.38. The molecule has 166 valence electrons. The smallest absolute Gasteiger partial charge is 0.338 e. The molecule has 0 aliphatic rings. The van der Waals surface area contributed by atoms with Crippen LogP contribution in [0.1, 0.15) is 34.0 Å². The van der Waals surface area contributed by atoms with E-state index in [-0.39, 0.29) is 12.5 Å². The molecule has 0 saturated heterocycles. The van der Waals surface area contributed by atoms with Gasteiger partial charge in [0.25, 0.3) is 5.91 Å². The molecule has 0 spiro atoms. The van der Waals surface area contributed by atoms with Gasteiger partial charge in [-0.05, 0) is 73.9 Å². The number of esters is 1. The molecule has 0 bridgehead atoms. The average molecular weight is 453 g/mol. The van der Waals surface area contributed by atoms with Crippen molar-refractivity contribution in [2.45, 2.75) is 27.3 Å². The lowest BCUT2D eigenvalue weighted by atomic mass is 10.1. The molecular formula is C25H25ClN2O4. The van der Waals surface area contributed by atoms with Crippen LogP contribution in [0.2, 0.25) is 5.02 Å². The minimum absolute atomic E-state index is 0.191. The van der Waals surface area contributed by atoms with Crippen molar-refractivity contribution >= 4 is 29.2 Å². The van der Waals surface area contributed by atoms with Gasteiger partial charge in [-0.3, -0.25) is 9.78 Å². The Balaban J connectivity index is 1.82. The summed E-state index contributed by atoms with van der Waals surface area (Å²) >= 11 is 6.32. The van der Waals surface area contributed by atoms with E-state index in [2.05, 4.69) is 4.98 Å². The van der Waals surface area contributed by atoms with Crippen LogP contribution < -0.4 is 9.64 Å². The molecule has 0 atom stereocenters. The Bertz CT molecular complexity index is 1060. The summed E-state index contributed by atoms with van der Waals surface area (Å²) < 4.78 is 10.8. The Morgan fingerprint density at radius 2 is 1.84 bits per heavy atom. The molecule has 1 aromatic heterocycles. The molecule has 0 unspecified atom stereocenters. The Morgan fingerprint density at radius 3 is 2.47 bits per heavy atom. The standard InChI is InChI=1S/C25H25ClN2O4/c1-4-31-25(30)20-7-9-21(10-8-20)28(15-19-6-5-11-27-14-19)23(29)16-32-24-18(3)12-17(2)13-22(24)26/h5-14H,4,15-16H2,1-3H3. The van der Waals surface area contributed by atoms with Gasteiger partial charge in [0.05, 0.1) is 23.7 Å². The van der Waals surface area contributed by atoms with E-state index < -0.39 is 5.97 Å². The average Bonchev–Trinajstić information content (AvgIpc) is 2.77. The van der Waals surface area contributed by atoms with Gasteiger partial charge in [-0.15, -0.1) is 0 Å². The molecule has 3 aromatic rings. The summed E-state index contributed by atoms with van der Waals surface area (Å²) in [5.74, 6) is -0.171. The molecule has 6 nitrogen and oxygen atoms in total. The van der Waals surface area contributed by atoms with E-state index >= 15 is 0 Å². The number of aromatic nitrogens is 1. The minimum atomic E-state index is -0.406. The Labute approximate surface area is 192 Å². The number of amides is 1. The third kappa shape index (κ3) is 5.86. The molecule has 0 fully saturated rings. The summed E-state index contributed by atoms with van der Waals surface area (Å²) in [4.78, 5) is 30.8. The number of carbonyl (C=O) groups is 2. The molecule has 32 heavy (non-hydrogen) atoms. The Morgan fingerprint density at radius 1 is 1.09 bits per heavy atom. The Kier molecular flexibility index (Phi) is 7.84. The second-order valence-corrected chi connectivity index (χ2v) is 7.70. The van der Waals surface area contributed by atoms with Crippen LogP contribution in [-0.4, -0.2) is 30.1 Å². The predicted octanol–water partition coefficient (Wildman–Crippen LogP) is 5.14. The van der Waals surface area contributed by atoms with Gasteiger partial charge in [0.1, 0.15) is 5.75 Å². The molecular weight excluding hydrogens is 428 g/mol. The van der Waals surface area contributed by atoms with Crippen molar-refractivity contribution in [3.63, 3.8) is 0 Å². The fourth-order valence-electron chi connectivity index (χ4n) is 3.29. The van der Waals surface area contributed by atoms with Crippen molar-refractivity contribution in [3.8, 4) is 5.75 Å². The number of aryl methyl sites for hydroxylation is 2. The number of halogens is 1. The molecule has 3 rings (SSSR count). The maximum absolute atomic E-state index is 13.2. The molecule has 1 heterocycles. The summed E-state index contributed by atoms with van der Waals surface area (Å²) in [5.41, 5.74) is 3.79. The molecule has 0 aliphatic carbocycles. The first kappa shape index (κ1) is 23.3. The van der Waals surface area contributed by atoms with Crippen LogP contribution in [0.5, 0.6) is 5.75 Å². The number of rotatable bonds is 8. The normalized spacial score (nSPS) is 10.5. The fourth-order valence-corrected chi connectivity index (χ4v) is 3.66. The SMILES string of the molecule is CCOC(=O)c1ccc(N(Cc2cccnc2)C(=O)COc2c(C)cc(C)cc2Cl)cc1.